The van der Waals surface area contributed by atoms with Crippen molar-refractivity contribution in [1.82, 2.24) is 4.90 Å². The summed E-state index contributed by atoms with van der Waals surface area (Å²) in [7, 11) is 0. The maximum atomic E-state index is 12.7. The van der Waals surface area contributed by atoms with Crippen LogP contribution in [0.2, 0.25) is 5.02 Å². The molecule has 1 aliphatic rings. The molecule has 0 unspecified atom stereocenters. The molecule has 0 atom stereocenters. The maximum absolute atomic E-state index is 12.7. The fourth-order valence-corrected chi connectivity index (χ4v) is 3.43. The molecule has 0 bridgehead atoms. The molecule has 1 saturated heterocycles. The Morgan fingerprint density at radius 1 is 1.19 bits per heavy atom. The Labute approximate surface area is 170 Å². The van der Waals surface area contributed by atoms with Crippen molar-refractivity contribution in [3.8, 4) is 5.75 Å². The van der Waals surface area contributed by atoms with Crippen LogP contribution in [0, 0.1) is 0 Å². The van der Waals surface area contributed by atoms with Crippen molar-refractivity contribution in [2.75, 3.05) is 38.2 Å². The van der Waals surface area contributed by atoms with E-state index in [4.69, 9.17) is 21.1 Å². The zero-order chi connectivity index (χ0) is 19.2. The number of hydrogen-bond acceptors (Lipinski definition) is 4. The average Bonchev–Trinajstić information content (AvgIpc) is 2.68. The van der Waals surface area contributed by atoms with Gasteiger partial charge in [0.25, 0.3) is 11.8 Å². The molecule has 8 heteroatoms. The molecule has 0 aromatic heterocycles. The van der Waals surface area contributed by atoms with E-state index in [0.717, 1.165) is 0 Å². The second kappa shape index (κ2) is 9.21. The van der Waals surface area contributed by atoms with Crippen LogP contribution in [0.4, 0.5) is 5.69 Å². The number of rotatable bonds is 5. The molecule has 1 fully saturated rings. The standard InChI is InChI=1S/C19H18BrClN2O4/c20-15-11-13(21)5-6-17(15)27-12-18(24)22-16-4-2-1-3-14(16)19(25)23-7-9-26-10-8-23/h1-6,11H,7-10,12H2,(H,22,24). The van der Waals surface area contributed by atoms with E-state index in [2.05, 4.69) is 21.2 Å². The van der Waals surface area contributed by atoms with Gasteiger partial charge in [-0.25, -0.2) is 0 Å². The van der Waals surface area contributed by atoms with Gasteiger partial charge in [-0.05, 0) is 46.3 Å². The van der Waals surface area contributed by atoms with E-state index in [1.165, 1.54) is 0 Å². The Hall–Kier alpha value is -2.09. The van der Waals surface area contributed by atoms with E-state index >= 15 is 0 Å². The van der Waals surface area contributed by atoms with Gasteiger partial charge in [-0.2, -0.15) is 0 Å². The average molecular weight is 454 g/mol. The van der Waals surface area contributed by atoms with Gasteiger partial charge in [-0.1, -0.05) is 23.7 Å². The highest BCUT2D eigenvalue weighted by Crippen LogP contribution is 2.28. The summed E-state index contributed by atoms with van der Waals surface area (Å²) < 4.78 is 11.5. The number of carbonyl (C=O) groups is 2. The summed E-state index contributed by atoms with van der Waals surface area (Å²) in [6, 6.07) is 12.0. The Morgan fingerprint density at radius 2 is 1.93 bits per heavy atom. The molecule has 27 heavy (non-hydrogen) atoms. The van der Waals surface area contributed by atoms with Crippen molar-refractivity contribution in [2.24, 2.45) is 0 Å². The summed E-state index contributed by atoms with van der Waals surface area (Å²) in [6.45, 7) is 1.91. The van der Waals surface area contributed by atoms with Gasteiger partial charge in [-0.15, -0.1) is 0 Å². The molecular weight excluding hydrogens is 436 g/mol. The molecule has 0 radical (unpaired) electrons. The highest BCUT2D eigenvalue weighted by atomic mass is 79.9. The molecule has 0 saturated carbocycles. The molecule has 2 amide bonds. The Kier molecular flexibility index (Phi) is 6.71. The SMILES string of the molecule is O=C(COc1ccc(Cl)cc1Br)Nc1ccccc1C(=O)N1CCOCC1. The van der Waals surface area contributed by atoms with E-state index < -0.39 is 0 Å². The van der Waals surface area contributed by atoms with Gasteiger partial charge in [0.15, 0.2) is 6.61 Å². The van der Waals surface area contributed by atoms with Crippen molar-refractivity contribution in [3.05, 3.63) is 57.5 Å². The van der Waals surface area contributed by atoms with Gasteiger partial charge in [0, 0.05) is 18.1 Å². The van der Waals surface area contributed by atoms with Gasteiger partial charge >= 0.3 is 0 Å². The van der Waals surface area contributed by atoms with Crippen molar-refractivity contribution in [1.29, 1.82) is 0 Å². The molecule has 3 rings (SSSR count). The summed E-state index contributed by atoms with van der Waals surface area (Å²) in [5.74, 6) is 0.0156. The molecule has 0 spiro atoms. The maximum Gasteiger partial charge on any atom is 0.262 e. The number of anilines is 1. The topological polar surface area (TPSA) is 67.9 Å². The lowest BCUT2D eigenvalue weighted by Gasteiger charge is -2.27. The first-order valence-corrected chi connectivity index (χ1v) is 9.55. The predicted molar refractivity (Wildman–Crippen MR) is 106 cm³/mol. The first-order valence-electron chi connectivity index (χ1n) is 8.38. The van der Waals surface area contributed by atoms with Crippen molar-refractivity contribution in [3.63, 3.8) is 0 Å². The molecule has 2 aromatic carbocycles. The normalized spacial score (nSPS) is 13.9. The van der Waals surface area contributed by atoms with Crippen molar-refractivity contribution < 1.29 is 19.1 Å². The summed E-state index contributed by atoms with van der Waals surface area (Å²) in [4.78, 5) is 26.7. The van der Waals surface area contributed by atoms with Gasteiger partial charge in [0.2, 0.25) is 0 Å². The van der Waals surface area contributed by atoms with Crippen molar-refractivity contribution in [2.45, 2.75) is 0 Å². The molecular formula is C19H18BrClN2O4. The fourth-order valence-electron chi connectivity index (χ4n) is 2.64. The number of halogens is 2. The van der Waals surface area contributed by atoms with E-state index in [1.54, 1.807) is 47.4 Å². The van der Waals surface area contributed by atoms with Crippen molar-refractivity contribution >= 4 is 45.0 Å². The number of carbonyl (C=O) groups excluding carboxylic acids is 2. The lowest BCUT2D eigenvalue weighted by atomic mass is 10.1. The number of morpholine rings is 1. The highest BCUT2D eigenvalue weighted by molar-refractivity contribution is 9.10. The molecule has 1 aliphatic heterocycles. The Morgan fingerprint density at radius 3 is 2.67 bits per heavy atom. The minimum Gasteiger partial charge on any atom is -0.483 e. The zero-order valence-corrected chi connectivity index (χ0v) is 16.8. The van der Waals surface area contributed by atoms with Gasteiger partial charge < -0.3 is 19.7 Å². The molecule has 6 nitrogen and oxygen atoms in total. The first-order chi connectivity index (χ1) is 13.0. The van der Waals surface area contributed by atoms with Crippen LogP contribution in [0.5, 0.6) is 5.75 Å². The second-order valence-corrected chi connectivity index (χ2v) is 7.15. The van der Waals surface area contributed by atoms with Crippen LogP contribution in [0.15, 0.2) is 46.9 Å². The largest absolute Gasteiger partial charge is 0.483 e. The van der Waals surface area contributed by atoms with Gasteiger partial charge in [0.1, 0.15) is 5.75 Å². The molecule has 142 valence electrons. The van der Waals surface area contributed by atoms with Crippen LogP contribution in [0.1, 0.15) is 10.4 Å². The Bertz CT molecular complexity index is 840. The van der Waals surface area contributed by atoms with Gasteiger partial charge in [0.05, 0.1) is 28.9 Å². The van der Waals surface area contributed by atoms with Crippen LogP contribution in [-0.2, 0) is 9.53 Å². The third-order valence-corrected chi connectivity index (χ3v) is 4.84. The van der Waals surface area contributed by atoms with Gasteiger partial charge in [-0.3, -0.25) is 9.59 Å². The lowest BCUT2D eigenvalue weighted by Crippen LogP contribution is -2.41. The number of nitrogens with one attached hydrogen (secondary N) is 1. The summed E-state index contributed by atoms with van der Waals surface area (Å²) >= 11 is 9.23. The fraction of sp³-hybridized carbons (Fsp3) is 0.263. The van der Waals surface area contributed by atoms with Crippen LogP contribution in [-0.4, -0.2) is 49.6 Å². The predicted octanol–water partition coefficient (Wildman–Crippen LogP) is 3.59. The smallest absolute Gasteiger partial charge is 0.262 e. The minimum absolute atomic E-state index is 0.129. The number of nitrogens with zero attached hydrogens (tertiary/aromatic N) is 1. The highest BCUT2D eigenvalue weighted by Gasteiger charge is 2.21. The van der Waals surface area contributed by atoms with Crippen LogP contribution in [0.3, 0.4) is 0 Å². The van der Waals surface area contributed by atoms with Crippen LogP contribution in [0.25, 0.3) is 0 Å². The molecule has 1 N–H and O–H groups in total. The number of benzene rings is 2. The molecule has 1 heterocycles. The second-order valence-electron chi connectivity index (χ2n) is 5.86. The van der Waals surface area contributed by atoms with Crippen LogP contribution < -0.4 is 10.1 Å². The quantitative estimate of drug-likeness (QED) is 0.751. The number of para-hydroxylation sites is 1. The monoisotopic (exact) mass is 452 g/mol. The first kappa shape index (κ1) is 19.7. The molecule has 2 aromatic rings. The van der Waals surface area contributed by atoms with E-state index in [1.807, 2.05) is 0 Å². The Balaban J connectivity index is 1.64. The summed E-state index contributed by atoms with van der Waals surface area (Å²) in [6.07, 6.45) is 0. The third kappa shape index (κ3) is 5.22. The van der Waals surface area contributed by atoms with E-state index in [9.17, 15) is 9.59 Å². The third-order valence-electron chi connectivity index (χ3n) is 3.98. The van der Waals surface area contributed by atoms with E-state index in [0.29, 0.717) is 52.8 Å². The minimum atomic E-state index is -0.362. The number of hydrogen-bond donors (Lipinski definition) is 1. The number of amides is 2. The molecule has 0 aliphatic carbocycles. The summed E-state index contributed by atoms with van der Waals surface area (Å²) in [5.41, 5.74) is 0.901. The lowest BCUT2D eigenvalue weighted by molar-refractivity contribution is -0.118. The van der Waals surface area contributed by atoms with E-state index in [-0.39, 0.29) is 18.4 Å². The zero-order valence-electron chi connectivity index (χ0n) is 14.4. The van der Waals surface area contributed by atoms with Crippen LogP contribution >= 0.6 is 27.5 Å². The number of ether oxygens (including phenoxy) is 2. The summed E-state index contributed by atoms with van der Waals surface area (Å²) in [5, 5.41) is 3.31.